The van der Waals surface area contributed by atoms with E-state index in [0.29, 0.717) is 11.6 Å². The van der Waals surface area contributed by atoms with Gasteiger partial charge in [0, 0.05) is 5.41 Å². The molecular formula is C15H21N. The van der Waals surface area contributed by atoms with Crippen molar-refractivity contribution in [3.8, 4) is 0 Å². The molecule has 0 saturated heterocycles. The summed E-state index contributed by atoms with van der Waals surface area (Å²) in [6.45, 7) is 20.5. The Hall–Kier alpha value is -1.37. The topological polar surface area (TPSA) is 23.9 Å². The summed E-state index contributed by atoms with van der Waals surface area (Å²) in [5, 5.41) is 7.98. The maximum Gasteiger partial charge on any atom is 0.0678 e. The summed E-state index contributed by atoms with van der Waals surface area (Å²) in [7, 11) is 0. The van der Waals surface area contributed by atoms with Crippen LogP contribution in [-0.2, 0) is 0 Å². The van der Waals surface area contributed by atoms with Crippen molar-refractivity contribution in [2.75, 3.05) is 0 Å². The van der Waals surface area contributed by atoms with Crippen molar-refractivity contribution in [1.82, 2.24) is 0 Å². The van der Waals surface area contributed by atoms with Crippen molar-refractivity contribution in [3.63, 3.8) is 0 Å². The van der Waals surface area contributed by atoms with Gasteiger partial charge in [-0.25, -0.2) is 0 Å². The zero-order chi connectivity index (χ0) is 12.7. The summed E-state index contributed by atoms with van der Waals surface area (Å²) in [5.74, 6) is 0.443. The third-order valence-corrected chi connectivity index (χ3v) is 3.22. The van der Waals surface area contributed by atoms with Crippen LogP contribution in [0, 0.1) is 16.7 Å². The van der Waals surface area contributed by atoms with E-state index < -0.39 is 0 Å². The van der Waals surface area contributed by atoms with Crippen LogP contribution in [-0.4, -0.2) is 5.71 Å². The largest absolute Gasteiger partial charge is 0.300 e. The summed E-state index contributed by atoms with van der Waals surface area (Å²) in [6, 6.07) is 0. The molecule has 1 fully saturated rings. The van der Waals surface area contributed by atoms with Crippen LogP contribution in [0.3, 0.4) is 0 Å². The zero-order valence-electron chi connectivity index (χ0n) is 10.8. The van der Waals surface area contributed by atoms with Gasteiger partial charge in [0.1, 0.15) is 0 Å². The van der Waals surface area contributed by atoms with Gasteiger partial charge in [0.05, 0.1) is 5.71 Å². The first kappa shape index (κ1) is 12.7. The minimum absolute atomic E-state index is 0.164. The van der Waals surface area contributed by atoms with E-state index in [1.807, 2.05) is 0 Å². The average Bonchev–Trinajstić information content (AvgIpc) is 2.19. The van der Waals surface area contributed by atoms with Gasteiger partial charge in [-0.2, -0.15) is 0 Å². The van der Waals surface area contributed by atoms with Gasteiger partial charge < -0.3 is 0 Å². The Bertz CT molecular complexity index is 417. The molecule has 0 unspecified atom stereocenters. The van der Waals surface area contributed by atoms with Crippen LogP contribution in [0.5, 0.6) is 0 Å². The van der Waals surface area contributed by atoms with E-state index in [9.17, 15) is 0 Å². The van der Waals surface area contributed by atoms with Crippen molar-refractivity contribution in [2.24, 2.45) is 11.3 Å². The van der Waals surface area contributed by atoms with Crippen LogP contribution in [0.15, 0.2) is 48.1 Å². The van der Waals surface area contributed by atoms with E-state index in [4.69, 9.17) is 5.41 Å². The van der Waals surface area contributed by atoms with Gasteiger partial charge in [0.25, 0.3) is 0 Å². The fourth-order valence-electron chi connectivity index (χ4n) is 2.03. The lowest BCUT2D eigenvalue weighted by atomic mass is 9.65. The van der Waals surface area contributed by atoms with Crippen LogP contribution in [0.25, 0.3) is 0 Å². The first-order valence-corrected chi connectivity index (χ1v) is 5.59. The summed E-state index contributed by atoms with van der Waals surface area (Å²) in [6.07, 6.45) is 2.18. The average molecular weight is 215 g/mol. The van der Waals surface area contributed by atoms with Gasteiger partial charge in [0.15, 0.2) is 0 Å². The molecule has 1 heteroatoms. The highest BCUT2D eigenvalue weighted by Gasteiger charge is 2.37. The summed E-state index contributed by atoms with van der Waals surface area (Å²) in [5.41, 5.74) is 3.81. The van der Waals surface area contributed by atoms with E-state index in [0.717, 1.165) is 22.3 Å². The third-order valence-electron chi connectivity index (χ3n) is 3.22. The van der Waals surface area contributed by atoms with E-state index in [1.54, 1.807) is 0 Å². The minimum atomic E-state index is -0.164. The predicted molar refractivity (Wildman–Crippen MR) is 71.8 cm³/mol. The first-order chi connectivity index (χ1) is 7.19. The predicted octanol–water partition coefficient (Wildman–Crippen LogP) is 4.30. The Kier molecular flexibility index (Phi) is 3.09. The molecule has 0 spiro atoms. The van der Waals surface area contributed by atoms with E-state index >= 15 is 0 Å². The minimum Gasteiger partial charge on any atom is -0.300 e. The summed E-state index contributed by atoms with van der Waals surface area (Å²) in [4.78, 5) is 0. The molecule has 1 N–H and O–H groups in total. The Morgan fingerprint density at radius 2 is 1.62 bits per heavy atom. The molecular weight excluding hydrogens is 194 g/mol. The van der Waals surface area contributed by atoms with Crippen molar-refractivity contribution in [3.05, 3.63) is 48.1 Å². The van der Waals surface area contributed by atoms with Crippen LogP contribution in [0.1, 0.15) is 27.7 Å². The second kappa shape index (κ2) is 3.89. The molecule has 0 aromatic carbocycles. The van der Waals surface area contributed by atoms with Crippen molar-refractivity contribution in [2.45, 2.75) is 27.7 Å². The Morgan fingerprint density at radius 1 is 1.12 bits per heavy atom. The van der Waals surface area contributed by atoms with Gasteiger partial charge in [-0.1, -0.05) is 53.5 Å². The monoisotopic (exact) mass is 215 g/mol. The molecule has 1 rings (SSSR count). The maximum absolute atomic E-state index is 7.98. The normalized spacial score (nSPS) is 23.4. The van der Waals surface area contributed by atoms with E-state index in [1.165, 1.54) is 0 Å². The fraction of sp³-hybridized carbons (Fsp3) is 0.400. The SMILES string of the molecule is C=C1C(=C)C(C)(C)/C(=C/C(C)C)C(=C)C1=N. The number of allylic oxidation sites excluding steroid dienone is 5. The highest BCUT2D eigenvalue weighted by atomic mass is 14.5. The lowest BCUT2D eigenvalue weighted by molar-refractivity contribution is 0.547. The molecule has 0 aromatic heterocycles. The molecule has 1 aliphatic rings. The molecule has 0 heterocycles. The number of rotatable bonds is 1. The molecule has 0 bridgehead atoms. The van der Waals surface area contributed by atoms with Gasteiger partial charge in [-0.15, -0.1) is 0 Å². The van der Waals surface area contributed by atoms with Gasteiger partial charge in [-0.05, 0) is 28.2 Å². The van der Waals surface area contributed by atoms with E-state index in [2.05, 4.69) is 53.5 Å². The molecule has 0 aliphatic heterocycles. The Morgan fingerprint density at radius 3 is 2.06 bits per heavy atom. The molecule has 0 amide bonds. The molecule has 0 radical (unpaired) electrons. The van der Waals surface area contributed by atoms with Crippen LogP contribution < -0.4 is 0 Å². The first-order valence-electron chi connectivity index (χ1n) is 5.59. The fourth-order valence-corrected chi connectivity index (χ4v) is 2.03. The maximum atomic E-state index is 7.98. The Balaban J connectivity index is 3.37. The number of hydrogen-bond acceptors (Lipinski definition) is 1. The van der Waals surface area contributed by atoms with E-state index in [-0.39, 0.29) is 5.41 Å². The van der Waals surface area contributed by atoms with Gasteiger partial charge in [-0.3, -0.25) is 5.41 Å². The molecule has 0 atom stereocenters. The molecule has 0 aromatic rings. The van der Waals surface area contributed by atoms with Gasteiger partial charge >= 0.3 is 0 Å². The number of hydrogen-bond donors (Lipinski definition) is 1. The van der Waals surface area contributed by atoms with Crippen molar-refractivity contribution >= 4 is 5.71 Å². The summed E-state index contributed by atoms with van der Waals surface area (Å²) >= 11 is 0. The number of nitrogens with one attached hydrogen (secondary N) is 1. The van der Waals surface area contributed by atoms with Crippen LogP contribution >= 0.6 is 0 Å². The highest BCUT2D eigenvalue weighted by molar-refractivity contribution is 6.17. The second-order valence-electron chi connectivity index (χ2n) is 5.26. The summed E-state index contributed by atoms with van der Waals surface area (Å²) < 4.78 is 0. The standard InChI is InChI=1S/C15H21N/c1-9(2)8-13-11(4)14(16)10(3)12(5)15(13,6)7/h8-9,16H,3-5H2,1-2,6-7H3/b13-8+,16-14?. The van der Waals surface area contributed by atoms with Crippen molar-refractivity contribution in [1.29, 1.82) is 5.41 Å². The third kappa shape index (κ3) is 1.82. The Labute approximate surface area is 98.8 Å². The molecule has 1 nitrogen and oxygen atoms in total. The molecule has 1 saturated carbocycles. The highest BCUT2D eigenvalue weighted by Crippen LogP contribution is 2.46. The lowest BCUT2D eigenvalue weighted by Crippen LogP contribution is -2.30. The van der Waals surface area contributed by atoms with Crippen molar-refractivity contribution < 1.29 is 0 Å². The smallest absolute Gasteiger partial charge is 0.0678 e. The molecule has 86 valence electrons. The zero-order valence-corrected chi connectivity index (χ0v) is 10.8. The van der Waals surface area contributed by atoms with Crippen LogP contribution in [0.4, 0.5) is 0 Å². The van der Waals surface area contributed by atoms with Gasteiger partial charge in [0.2, 0.25) is 0 Å². The lowest BCUT2D eigenvalue weighted by Gasteiger charge is -2.38. The second-order valence-corrected chi connectivity index (χ2v) is 5.26. The molecule has 16 heavy (non-hydrogen) atoms. The quantitative estimate of drug-likeness (QED) is 0.674. The molecule has 1 aliphatic carbocycles. The van der Waals surface area contributed by atoms with Crippen LogP contribution in [0.2, 0.25) is 0 Å².